The average Bonchev–Trinajstić information content (AvgIpc) is 2.10. The summed E-state index contributed by atoms with van der Waals surface area (Å²) in [6, 6.07) is 0. The molecule has 0 aliphatic heterocycles. The van der Waals surface area contributed by atoms with Crippen molar-refractivity contribution in [2.75, 3.05) is 46.4 Å². The predicted molar refractivity (Wildman–Crippen MR) is 61.7 cm³/mol. The predicted octanol–water partition coefficient (Wildman–Crippen LogP) is 1.20. The first kappa shape index (κ1) is 13.9. The molecule has 0 saturated heterocycles. The van der Waals surface area contributed by atoms with Crippen LogP contribution < -0.4 is 5.32 Å². The van der Waals surface area contributed by atoms with Gasteiger partial charge >= 0.3 is 0 Å². The largest absolute Gasteiger partial charge is 0.380 e. The SMILES string of the molecule is CCOCCNCCN(C)CC(C)C. The van der Waals surface area contributed by atoms with Gasteiger partial charge in [-0.25, -0.2) is 0 Å². The van der Waals surface area contributed by atoms with E-state index in [1.54, 1.807) is 0 Å². The van der Waals surface area contributed by atoms with Crippen molar-refractivity contribution in [3.05, 3.63) is 0 Å². The Morgan fingerprint density at radius 3 is 2.57 bits per heavy atom. The molecule has 0 saturated carbocycles. The molecule has 0 aromatic rings. The van der Waals surface area contributed by atoms with Crippen LogP contribution in [0.3, 0.4) is 0 Å². The first-order valence-corrected chi connectivity index (χ1v) is 5.63. The van der Waals surface area contributed by atoms with Gasteiger partial charge in [0.25, 0.3) is 0 Å². The van der Waals surface area contributed by atoms with E-state index in [1.807, 2.05) is 6.92 Å². The maximum Gasteiger partial charge on any atom is 0.0590 e. The van der Waals surface area contributed by atoms with Gasteiger partial charge in [-0.05, 0) is 19.9 Å². The summed E-state index contributed by atoms with van der Waals surface area (Å²) in [6.07, 6.45) is 0. The van der Waals surface area contributed by atoms with Crippen LogP contribution in [0.1, 0.15) is 20.8 Å². The highest BCUT2D eigenvalue weighted by Gasteiger charge is 2.00. The highest BCUT2D eigenvalue weighted by atomic mass is 16.5. The minimum Gasteiger partial charge on any atom is -0.380 e. The quantitative estimate of drug-likeness (QED) is 0.569. The smallest absolute Gasteiger partial charge is 0.0590 e. The molecule has 0 aromatic heterocycles. The third-order valence-corrected chi connectivity index (χ3v) is 1.97. The van der Waals surface area contributed by atoms with Crippen LogP contribution in [0.2, 0.25) is 0 Å². The van der Waals surface area contributed by atoms with Gasteiger partial charge in [-0.3, -0.25) is 0 Å². The maximum atomic E-state index is 5.23. The van der Waals surface area contributed by atoms with Gasteiger partial charge in [-0.2, -0.15) is 0 Å². The van der Waals surface area contributed by atoms with Crippen LogP contribution in [-0.2, 0) is 4.74 Å². The van der Waals surface area contributed by atoms with Crippen LogP contribution in [0, 0.1) is 5.92 Å². The van der Waals surface area contributed by atoms with E-state index in [-0.39, 0.29) is 0 Å². The van der Waals surface area contributed by atoms with E-state index in [0.29, 0.717) is 0 Å². The molecule has 86 valence electrons. The Morgan fingerprint density at radius 1 is 1.29 bits per heavy atom. The van der Waals surface area contributed by atoms with Crippen LogP contribution in [-0.4, -0.2) is 51.3 Å². The summed E-state index contributed by atoms with van der Waals surface area (Å²) in [6.45, 7) is 12.5. The standard InChI is InChI=1S/C11H26N2O/c1-5-14-9-7-12-6-8-13(4)10-11(2)3/h11-12H,5-10H2,1-4H3. The Labute approximate surface area is 88.8 Å². The second-order valence-electron chi connectivity index (χ2n) is 4.10. The molecule has 0 bridgehead atoms. The van der Waals surface area contributed by atoms with Crippen molar-refractivity contribution in [3.63, 3.8) is 0 Å². The summed E-state index contributed by atoms with van der Waals surface area (Å²) in [7, 11) is 2.17. The lowest BCUT2D eigenvalue weighted by Crippen LogP contribution is -2.32. The summed E-state index contributed by atoms with van der Waals surface area (Å²) < 4.78 is 5.23. The fraction of sp³-hybridized carbons (Fsp3) is 1.00. The lowest BCUT2D eigenvalue weighted by molar-refractivity contribution is 0.148. The van der Waals surface area contributed by atoms with E-state index in [0.717, 1.165) is 38.8 Å². The van der Waals surface area contributed by atoms with Crippen LogP contribution in [0.25, 0.3) is 0 Å². The van der Waals surface area contributed by atoms with Crippen molar-refractivity contribution in [1.82, 2.24) is 10.2 Å². The van der Waals surface area contributed by atoms with E-state index in [9.17, 15) is 0 Å². The molecule has 14 heavy (non-hydrogen) atoms. The number of ether oxygens (including phenoxy) is 1. The third kappa shape index (κ3) is 9.96. The second kappa shape index (κ2) is 9.44. The van der Waals surface area contributed by atoms with Gasteiger partial charge in [0.2, 0.25) is 0 Å². The summed E-state index contributed by atoms with van der Waals surface area (Å²) >= 11 is 0. The Hall–Kier alpha value is -0.120. The van der Waals surface area contributed by atoms with Crippen LogP contribution in [0.5, 0.6) is 0 Å². The fourth-order valence-electron chi connectivity index (χ4n) is 1.40. The number of hydrogen-bond donors (Lipinski definition) is 1. The van der Waals surface area contributed by atoms with Crippen molar-refractivity contribution in [2.45, 2.75) is 20.8 Å². The zero-order chi connectivity index (χ0) is 10.8. The number of hydrogen-bond acceptors (Lipinski definition) is 3. The van der Waals surface area contributed by atoms with E-state index in [2.05, 4.69) is 31.1 Å². The Morgan fingerprint density at radius 2 is 2.00 bits per heavy atom. The Balaban J connectivity index is 3.10. The zero-order valence-corrected chi connectivity index (χ0v) is 10.2. The normalized spacial score (nSPS) is 11.6. The monoisotopic (exact) mass is 202 g/mol. The molecule has 1 N–H and O–H groups in total. The molecule has 0 aliphatic rings. The van der Waals surface area contributed by atoms with E-state index in [4.69, 9.17) is 4.74 Å². The van der Waals surface area contributed by atoms with Gasteiger partial charge in [-0.1, -0.05) is 13.8 Å². The lowest BCUT2D eigenvalue weighted by atomic mass is 10.2. The molecule has 0 radical (unpaired) electrons. The van der Waals surface area contributed by atoms with E-state index < -0.39 is 0 Å². The van der Waals surface area contributed by atoms with Crippen molar-refractivity contribution in [3.8, 4) is 0 Å². The molecule has 3 heteroatoms. The molecule has 3 nitrogen and oxygen atoms in total. The van der Waals surface area contributed by atoms with E-state index in [1.165, 1.54) is 6.54 Å². The summed E-state index contributed by atoms with van der Waals surface area (Å²) in [4.78, 5) is 2.36. The zero-order valence-electron chi connectivity index (χ0n) is 10.2. The number of nitrogens with zero attached hydrogens (tertiary/aromatic N) is 1. The molecule has 0 atom stereocenters. The molecule has 0 fully saturated rings. The fourth-order valence-corrected chi connectivity index (χ4v) is 1.40. The minimum absolute atomic E-state index is 0.753. The van der Waals surface area contributed by atoms with Crippen LogP contribution >= 0.6 is 0 Å². The van der Waals surface area contributed by atoms with Gasteiger partial charge in [0.05, 0.1) is 6.61 Å². The molecule has 0 spiro atoms. The molecule has 0 aliphatic carbocycles. The average molecular weight is 202 g/mol. The third-order valence-electron chi connectivity index (χ3n) is 1.97. The van der Waals surface area contributed by atoms with Crippen LogP contribution in [0.15, 0.2) is 0 Å². The Kier molecular flexibility index (Phi) is 9.35. The molecule has 0 heterocycles. The molecular weight excluding hydrogens is 176 g/mol. The van der Waals surface area contributed by atoms with E-state index >= 15 is 0 Å². The summed E-state index contributed by atoms with van der Waals surface area (Å²) in [5, 5.41) is 3.36. The number of nitrogens with one attached hydrogen (secondary N) is 1. The topological polar surface area (TPSA) is 24.5 Å². The summed E-state index contributed by atoms with van der Waals surface area (Å²) in [5.41, 5.74) is 0. The number of likely N-dealkylation sites (N-methyl/N-ethyl adjacent to an activating group) is 1. The van der Waals surface area contributed by atoms with Crippen LogP contribution in [0.4, 0.5) is 0 Å². The van der Waals surface area contributed by atoms with Crippen molar-refractivity contribution in [2.24, 2.45) is 5.92 Å². The minimum atomic E-state index is 0.753. The highest BCUT2D eigenvalue weighted by Crippen LogP contribution is 1.93. The van der Waals surface area contributed by atoms with Crippen molar-refractivity contribution < 1.29 is 4.74 Å². The molecule has 0 rings (SSSR count). The number of rotatable bonds is 9. The molecular formula is C11H26N2O. The lowest BCUT2D eigenvalue weighted by Gasteiger charge is -2.18. The molecule has 0 amide bonds. The molecule has 0 unspecified atom stereocenters. The van der Waals surface area contributed by atoms with Crippen molar-refractivity contribution in [1.29, 1.82) is 0 Å². The van der Waals surface area contributed by atoms with Gasteiger partial charge in [-0.15, -0.1) is 0 Å². The maximum absolute atomic E-state index is 5.23. The first-order valence-electron chi connectivity index (χ1n) is 5.63. The van der Waals surface area contributed by atoms with Gasteiger partial charge in [0.1, 0.15) is 0 Å². The molecule has 0 aromatic carbocycles. The van der Waals surface area contributed by atoms with Crippen molar-refractivity contribution >= 4 is 0 Å². The summed E-state index contributed by atoms with van der Waals surface area (Å²) in [5.74, 6) is 0.753. The second-order valence-corrected chi connectivity index (χ2v) is 4.10. The van der Waals surface area contributed by atoms with Gasteiger partial charge in [0.15, 0.2) is 0 Å². The first-order chi connectivity index (χ1) is 6.66. The highest BCUT2D eigenvalue weighted by molar-refractivity contribution is 4.56. The van der Waals surface area contributed by atoms with Gasteiger partial charge < -0.3 is 15.0 Å². The van der Waals surface area contributed by atoms with Gasteiger partial charge in [0, 0.05) is 32.8 Å². The Bertz CT molecular complexity index is 118.